The molecule has 0 unspecified atom stereocenters. The molecule has 1 N–H and O–H groups in total. The van der Waals surface area contributed by atoms with Gasteiger partial charge in [0.05, 0.1) is 7.11 Å². The van der Waals surface area contributed by atoms with Crippen molar-refractivity contribution in [3.8, 4) is 0 Å². The van der Waals surface area contributed by atoms with Crippen LogP contribution in [0.2, 0.25) is 0 Å². The lowest BCUT2D eigenvalue weighted by molar-refractivity contribution is -0.140. The number of rotatable bonds is 7. The second kappa shape index (κ2) is 10.6. The molecule has 124 valence electrons. The van der Waals surface area contributed by atoms with Crippen molar-refractivity contribution in [2.45, 2.75) is 32.1 Å². The van der Waals surface area contributed by atoms with Crippen LogP contribution in [0.5, 0.6) is 0 Å². The average molecular weight is 313 g/mol. The molecular formula is C15H23NO6. The Hall–Kier alpha value is -2.05. The first-order chi connectivity index (χ1) is 10.6. The number of hydrogen-bond acceptors (Lipinski definition) is 6. The number of nitrogens with one attached hydrogen (secondary N) is 1. The third-order valence-corrected chi connectivity index (χ3v) is 3.38. The monoisotopic (exact) mass is 313 g/mol. The van der Waals surface area contributed by atoms with Crippen LogP contribution in [-0.4, -0.2) is 44.9 Å². The molecule has 0 heterocycles. The fourth-order valence-electron chi connectivity index (χ4n) is 2.20. The molecule has 0 saturated heterocycles. The minimum absolute atomic E-state index is 0.0334. The van der Waals surface area contributed by atoms with Gasteiger partial charge in [-0.05, 0) is 18.8 Å². The zero-order chi connectivity index (χ0) is 16.2. The second-order valence-electron chi connectivity index (χ2n) is 5.04. The molecule has 1 aliphatic carbocycles. The van der Waals surface area contributed by atoms with Crippen LogP contribution in [0, 0.1) is 5.92 Å². The maximum atomic E-state index is 11.4. The molecule has 0 radical (unpaired) electrons. The molecule has 0 bridgehead atoms. The average Bonchev–Trinajstić information content (AvgIpc) is 2.55. The summed E-state index contributed by atoms with van der Waals surface area (Å²) in [5.41, 5.74) is 0. The number of carbonyl (C=O) groups excluding carboxylic acids is 3. The van der Waals surface area contributed by atoms with Crippen LogP contribution in [0.15, 0.2) is 12.2 Å². The van der Waals surface area contributed by atoms with Gasteiger partial charge < -0.3 is 19.5 Å². The number of esters is 2. The van der Waals surface area contributed by atoms with Gasteiger partial charge in [0.2, 0.25) is 0 Å². The molecule has 1 amide bonds. The SMILES string of the molecule is COC(=O)/C=C/C(=O)OCCOC(=O)NCC1CCCCC1. The Morgan fingerprint density at radius 2 is 1.64 bits per heavy atom. The summed E-state index contributed by atoms with van der Waals surface area (Å²) in [4.78, 5) is 33.3. The maximum Gasteiger partial charge on any atom is 0.407 e. The van der Waals surface area contributed by atoms with Crippen molar-refractivity contribution in [3.05, 3.63) is 12.2 Å². The molecule has 7 heteroatoms. The number of amides is 1. The number of alkyl carbamates (subject to hydrolysis) is 1. The van der Waals surface area contributed by atoms with Gasteiger partial charge in [-0.3, -0.25) is 0 Å². The van der Waals surface area contributed by atoms with E-state index < -0.39 is 18.0 Å². The molecular weight excluding hydrogens is 290 g/mol. The first kappa shape index (κ1) is 18.0. The lowest BCUT2D eigenvalue weighted by Crippen LogP contribution is -2.31. The highest BCUT2D eigenvalue weighted by atomic mass is 16.6. The van der Waals surface area contributed by atoms with Gasteiger partial charge in [-0.1, -0.05) is 19.3 Å². The largest absolute Gasteiger partial charge is 0.466 e. The van der Waals surface area contributed by atoms with Crippen molar-refractivity contribution >= 4 is 18.0 Å². The summed E-state index contributed by atoms with van der Waals surface area (Å²) < 4.78 is 14.0. The van der Waals surface area contributed by atoms with Crippen LogP contribution in [0.25, 0.3) is 0 Å². The number of carbonyl (C=O) groups is 3. The lowest BCUT2D eigenvalue weighted by atomic mass is 9.89. The third-order valence-electron chi connectivity index (χ3n) is 3.38. The summed E-state index contributed by atoms with van der Waals surface area (Å²) in [5, 5.41) is 2.71. The minimum Gasteiger partial charge on any atom is -0.466 e. The smallest absolute Gasteiger partial charge is 0.407 e. The van der Waals surface area contributed by atoms with E-state index in [0.29, 0.717) is 12.5 Å². The van der Waals surface area contributed by atoms with Crippen LogP contribution < -0.4 is 5.32 Å². The van der Waals surface area contributed by atoms with Gasteiger partial charge in [-0.15, -0.1) is 0 Å². The molecule has 1 fully saturated rings. The van der Waals surface area contributed by atoms with E-state index in [1.54, 1.807) is 0 Å². The Balaban J connectivity index is 2.03. The molecule has 0 atom stereocenters. The van der Waals surface area contributed by atoms with E-state index in [1.165, 1.54) is 26.4 Å². The van der Waals surface area contributed by atoms with Crippen LogP contribution in [-0.2, 0) is 23.8 Å². The highest BCUT2D eigenvalue weighted by molar-refractivity contribution is 5.91. The maximum absolute atomic E-state index is 11.4. The van der Waals surface area contributed by atoms with Crippen molar-refractivity contribution in [1.82, 2.24) is 5.32 Å². The topological polar surface area (TPSA) is 90.9 Å². The molecule has 0 aromatic rings. The third kappa shape index (κ3) is 8.28. The fraction of sp³-hybridized carbons (Fsp3) is 0.667. The van der Waals surface area contributed by atoms with Crippen LogP contribution in [0.1, 0.15) is 32.1 Å². The van der Waals surface area contributed by atoms with Gasteiger partial charge in [0.1, 0.15) is 13.2 Å². The summed E-state index contributed by atoms with van der Waals surface area (Å²) in [7, 11) is 1.21. The molecule has 0 spiro atoms. The molecule has 22 heavy (non-hydrogen) atoms. The van der Waals surface area contributed by atoms with Gasteiger partial charge in [0, 0.05) is 18.7 Å². The van der Waals surface area contributed by atoms with Crippen molar-refractivity contribution < 1.29 is 28.6 Å². The molecule has 1 rings (SSSR count). The van der Waals surface area contributed by atoms with Gasteiger partial charge in [-0.25, -0.2) is 14.4 Å². The second-order valence-corrected chi connectivity index (χ2v) is 5.04. The highest BCUT2D eigenvalue weighted by Crippen LogP contribution is 2.22. The molecule has 1 aliphatic rings. The predicted molar refractivity (Wildman–Crippen MR) is 78.0 cm³/mol. The zero-order valence-electron chi connectivity index (χ0n) is 12.8. The van der Waals surface area contributed by atoms with E-state index in [2.05, 4.69) is 10.1 Å². The standard InChI is InChI=1S/C15H23NO6/c1-20-13(17)7-8-14(18)21-9-10-22-15(19)16-11-12-5-3-2-4-6-12/h7-8,12H,2-6,9-11H2,1H3,(H,16,19)/b8-7+. The van der Waals surface area contributed by atoms with Gasteiger partial charge in [-0.2, -0.15) is 0 Å². The van der Waals surface area contributed by atoms with Crippen molar-refractivity contribution in [2.75, 3.05) is 26.9 Å². The minimum atomic E-state index is -0.698. The summed E-state index contributed by atoms with van der Waals surface area (Å²) in [5.74, 6) is -0.811. The van der Waals surface area contributed by atoms with Crippen LogP contribution >= 0.6 is 0 Å². The lowest BCUT2D eigenvalue weighted by Gasteiger charge is -2.21. The summed E-state index contributed by atoms with van der Waals surface area (Å²) >= 11 is 0. The van der Waals surface area contributed by atoms with Crippen molar-refractivity contribution in [3.63, 3.8) is 0 Å². The van der Waals surface area contributed by atoms with Gasteiger partial charge in [0.25, 0.3) is 0 Å². The van der Waals surface area contributed by atoms with E-state index in [1.807, 2.05) is 0 Å². The summed E-state index contributed by atoms with van der Waals surface area (Å²) in [6.07, 6.45) is 7.40. The Morgan fingerprint density at radius 1 is 1.00 bits per heavy atom. The Morgan fingerprint density at radius 3 is 2.32 bits per heavy atom. The van der Waals surface area contributed by atoms with E-state index in [0.717, 1.165) is 25.0 Å². The predicted octanol–water partition coefficient (Wildman–Crippen LogP) is 1.57. The summed E-state index contributed by atoms with van der Waals surface area (Å²) in [6.45, 7) is 0.524. The fourth-order valence-corrected chi connectivity index (χ4v) is 2.20. The summed E-state index contributed by atoms with van der Waals surface area (Å²) in [6, 6.07) is 0. The number of methoxy groups -OCH3 is 1. The highest BCUT2D eigenvalue weighted by Gasteiger charge is 2.14. The number of hydrogen-bond donors (Lipinski definition) is 1. The van der Waals surface area contributed by atoms with Gasteiger partial charge >= 0.3 is 18.0 Å². The van der Waals surface area contributed by atoms with E-state index in [-0.39, 0.29) is 13.2 Å². The Labute approximate surface area is 130 Å². The molecule has 1 saturated carbocycles. The Bertz CT molecular complexity index is 401. The van der Waals surface area contributed by atoms with Crippen molar-refractivity contribution in [1.29, 1.82) is 0 Å². The molecule has 7 nitrogen and oxygen atoms in total. The molecule has 0 aromatic carbocycles. The first-order valence-corrected chi connectivity index (χ1v) is 7.45. The molecule has 0 aromatic heterocycles. The quantitative estimate of drug-likeness (QED) is 0.332. The Kier molecular flexibility index (Phi) is 8.71. The van der Waals surface area contributed by atoms with E-state index in [4.69, 9.17) is 9.47 Å². The van der Waals surface area contributed by atoms with E-state index in [9.17, 15) is 14.4 Å². The van der Waals surface area contributed by atoms with Gasteiger partial charge in [0.15, 0.2) is 0 Å². The zero-order valence-corrected chi connectivity index (χ0v) is 12.8. The van der Waals surface area contributed by atoms with Crippen molar-refractivity contribution in [2.24, 2.45) is 5.92 Å². The first-order valence-electron chi connectivity index (χ1n) is 7.45. The van der Waals surface area contributed by atoms with Crippen LogP contribution in [0.4, 0.5) is 4.79 Å². The normalized spacial score (nSPS) is 15.3. The molecule has 0 aliphatic heterocycles. The number of ether oxygens (including phenoxy) is 3. The van der Waals surface area contributed by atoms with Crippen LogP contribution in [0.3, 0.4) is 0 Å². The van der Waals surface area contributed by atoms with E-state index >= 15 is 0 Å².